The van der Waals surface area contributed by atoms with E-state index in [1.807, 2.05) is 42.5 Å². The minimum atomic E-state index is 0.530. The highest BCUT2D eigenvalue weighted by atomic mass is 79.9. The molecule has 0 bridgehead atoms. The van der Waals surface area contributed by atoms with Crippen LogP contribution >= 0.6 is 31.9 Å². The van der Waals surface area contributed by atoms with Crippen LogP contribution in [0.3, 0.4) is 0 Å². The van der Waals surface area contributed by atoms with E-state index in [9.17, 15) is 0 Å². The van der Waals surface area contributed by atoms with Crippen LogP contribution in [0.5, 0.6) is 5.75 Å². The van der Waals surface area contributed by atoms with Gasteiger partial charge in [0.05, 0.1) is 8.95 Å². The third-order valence-corrected chi connectivity index (χ3v) is 3.42. The van der Waals surface area contributed by atoms with E-state index in [1.54, 1.807) is 0 Å². The quantitative estimate of drug-likeness (QED) is 0.828. The van der Waals surface area contributed by atoms with Crippen molar-refractivity contribution in [2.45, 2.75) is 6.61 Å². The number of anilines is 1. The van der Waals surface area contributed by atoms with Gasteiger partial charge in [0, 0.05) is 5.69 Å². The zero-order valence-electron chi connectivity index (χ0n) is 8.99. The molecule has 4 heteroatoms. The molecule has 0 amide bonds. The standard InChI is InChI=1S/C13H11Br2NO/c14-11-6-10(16)7-12(15)13(11)17-8-9-4-2-1-3-5-9/h1-7H,8,16H2. The Morgan fingerprint density at radius 2 is 1.59 bits per heavy atom. The lowest BCUT2D eigenvalue weighted by Gasteiger charge is -2.11. The molecule has 88 valence electrons. The molecule has 2 aromatic carbocycles. The lowest BCUT2D eigenvalue weighted by Crippen LogP contribution is -1.97. The zero-order chi connectivity index (χ0) is 12.3. The summed E-state index contributed by atoms with van der Waals surface area (Å²) in [5, 5.41) is 0. The lowest BCUT2D eigenvalue weighted by molar-refractivity contribution is 0.302. The maximum absolute atomic E-state index is 5.76. The zero-order valence-corrected chi connectivity index (χ0v) is 12.2. The summed E-state index contributed by atoms with van der Waals surface area (Å²) < 4.78 is 7.45. The van der Waals surface area contributed by atoms with Crippen LogP contribution in [0.1, 0.15) is 5.56 Å². The van der Waals surface area contributed by atoms with Gasteiger partial charge < -0.3 is 10.5 Å². The topological polar surface area (TPSA) is 35.2 Å². The molecule has 0 radical (unpaired) electrons. The normalized spacial score (nSPS) is 10.2. The summed E-state index contributed by atoms with van der Waals surface area (Å²) in [6, 6.07) is 13.7. The van der Waals surface area contributed by atoms with Gasteiger partial charge in [-0.15, -0.1) is 0 Å². The molecule has 0 atom stereocenters. The van der Waals surface area contributed by atoms with E-state index in [4.69, 9.17) is 10.5 Å². The Labute approximate surface area is 117 Å². The van der Waals surface area contributed by atoms with Gasteiger partial charge in [-0.3, -0.25) is 0 Å². The summed E-state index contributed by atoms with van der Waals surface area (Å²) in [7, 11) is 0. The van der Waals surface area contributed by atoms with Gasteiger partial charge in [0.1, 0.15) is 12.4 Å². The van der Waals surface area contributed by atoms with Crippen LogP contribution in [0.15, 0.2) is 51.4 Å². The molecule has 0 saturated heterocycles. The van der Waals surface area contributed by atoms with Gasteiger partial charge in [0.15, 0.2) is 0 Å². The third-order valence-electron chi connectivity index (χ3n) is 2.25. The highest BCUT2D eigenvalue weighted by Crippen LogP contribution is 2.36. The first-order valence-electron chi connectivity index (χ1n) is 5.08. The second kappa shape index (κ2) is 5.56. The van der Waals surface area contributed by atoms with Crippen molar-refractivity contribution < 1.29 is 4.74 Å². The Hall–Kier alpha value is -1.00. The fourth-order valence-electron chi connectivity index (χ4n) is 1.45. The van der Waals surface area contributed by atoms with E-state index in [2.05, 4.69) is 31.9 Å². The van der Waals surface area contributed by atoms with E-state index >= 15 is 0 Å². The number of nitrogen functional groups attached to an aromatic ring is 1. The van der Waals surface area contributed by atoms with E-state index < -0.39 is 0 Å². The van der Waals surface area contributed by atoms with Crippen molar-refractivity contribution >= 4 is 37.5 Å². The maximum Gasteiger partial charge on any atom is 0.148 e. The molecule has 0 aliphatic rings. The Balaban J connectivity index is 2.15. The van der Waals surface area contributed by atoms with Crippen LogP contribution in [-0.4, -0.2) is 0 Å². The molecule has 17 heavy (non-hydrogen) atoms. The summed E-state index contributed by atoms with van der Waals surface area (Å²) in [4.78, 5) is 0. The summed E-state index contributed by atoms with van der Waals surface area (Å²) in [6.07, 6.45) is 0. The number of hydrogen-bond donors (Lipinski definition) is 1. The molecule has 0 saturated carbocycles. The van der Waals surface area contributed by atoms with Gasteiger partial charge in [0.25, 0.3) is 0 Å². The molecule has 2 aromatic rings. The Bertz CT molecular complexity index is 491. The maximum atomic E-state index is 5.76. The van der Waals surface area contributed by atoms with Gasteiger partial charge >= 0.3 is 0 Å². The molecule has 0 fully saturated rings. The van der Waals surface area contributed by atoms with E-state index in [1.165, 1.54) is 0 Å². The van der Waals surface area contributed by atoms with Crippen molar-refractivity contribution in [1.29, 1.82) is 0 Å². The molecule has 0 aliphatic heterocycles. The van der Waals surface area contributed by atoms with Crippen LogP contribution in [0.4, 0.5) is 5.69 Å². The molecule has 2 rings (SSSR count). The highest BCUT2D eigenvalue weighted by molar-refractivity contribution is 9.11. The number of nitrogens with two attached hydrogens (primary N) is 1. The molecular weight excluding hydrogens is 346 g/mol. The molecule has 2 nitrogen and oxygen atoms in total. The van der Waals surface area contributed by atoms with E-state index in [0.717, 1.165) is 20.3 Å². The Morgan fingerprint density at radius 3 is 2.18 bits per heavy atom. The predicted molar refractivity (Wildman–Crippen MR) is 77.0 cm³/mol. The third kappa shape index (κ3) is 3.23. The van der Waals surface area contributed by atoms with Gasteiger partial charge in [-0.05, 0) is 49.6 Å². The second-order valence-electron chi connectivity index (χ2n) is 3.59. The molecule has 0 aliphatic carbocycles. The number of benzene rings is 2. The van der Waals surface area contributed by atoms with Crippen LogP contribution in [0.2, 0.25) is 0 Å². The summed E-state index contributed by atoms with van der Waals surface area (Å²) in [5.41, 5.74) is 7.54. The summed E-state index contributed by atoms with van der Waals surface area (Å²) in [6.45, 7) is 0.530. The van der Waals surface area contributed by atoms with Gasteiger partial charge in [-0.25, -0.2) is 0 Å². The van der Waals surface area contributed by atoms with Gasteiger partial charge in [-0.1, -0.05) is 30.3 Å². The first-order valence-corrected chi connectivity index (χ1v) is 6.66. The van der Waals surface area contributed by atoms with E-state index in [0.29, 0.717) is 12.3 Å². The predicted octanol–water partition coefficient (Wildman–Crippen LogP) is 4.37. The lowest BCUT2D eigenvalue weighted by atomic mass is 10.2. The fraction of sp³-hybridized carbons (Fsp3) is 0.0769. The highest BCUT2D eigenvalue weighted by Gasteiger charge is 2.07. The van der Waals surface area contributed by atoms with Crippen LogP contribution in [0, 0.1) is 0 Å². The molecular formula is C13H11Br2NO. The van der Waals surface area contributed by atoms with Crippen molar-refractivity contribution in [2.24, 2.45) is 0 Å². The molecule has 0 aromatic heterocycles. The van der Waals surface area contributed by atoms with Gasteiger partial charge in [-0.2, -0.15) is 0 Å². The smallest absolute Gasteiger partial charge is 0.148 e. The van der Waals surface area contributed by atoms with Crippen molar-refractivity contribution in [2.75, 3.05) is 5.73 Å². The van der Waals surface area contributed by atoms with E-state index in [-0.39, 0.29) is 0 Å². The first-order chi connectivity index (χ1) is 8.16. The number of ether oxygens (including phenoxy) is 1. The van der Waals surface area contributed by atoms with Crippen molar-refractivity contribution in [3.05, 3.63) is 57.0 Å². The monoisotopic (exact) mass is 355 g/mol. The molecule has 0 spiro atoms. The molecule has 0 heterocycles. The average molecular weight is 357 g/mol. The van der Waals surface area contributed by atoms with Crippen molar-refractivity contribution in [3.8, 4) is 5.75 Å². The Kier molecular flexibility index (Phi) is 4.07. The number of hydrogen-bond acceptors (Lipinski definition) is 2. The van der Waals surface area contributed by atoms with Crippen molar-refractivity contribution in [3.63, 3.8) is 0 Å². The largest absolute Gasteiger partial charge is 0.487 e. The number of rotatable bonds is 3. The minimum absolute atomic E-state index is 0.530. The van der Waals surface area contributed by atoms with Crippen LogP contribution in [-0.2, 0) is 6.61 Å². The van der Waals surface area contributed by atoms with Crippen LogP contribution < -0.4 is 10.5 Å². The average Bonchev–Trinajstić information content (AvgIpc) is 2.29. The SMILES string of the molecule is Nc1cc(Br)c(OCc2ccccc2)c(Br)c1. The summed E-state index contributed by atoms with van der Waals surface area (Å²) in [5.74, 6) is 0.767. The fourth-order valence-corrected chi connectivity index (χ4v) is 2.90. The Morgan fingerprint density at radius 1 is 1.00 bits per heavy atom. The minimum Gasteiger partial charge on any atom is -0.487 e. The second-order valence-corrected chi connectivity index (χ2v) is 5.30. The molecule has 2 N–H and O–H groups in total. The molecule has 0 unspecified atom stereocenters. The van der Waals surface area contributed by atoms with Crippen molar-refractivity contribution in [1.82, 2.24) is 0 Å². The summed E-state index contributed by atoms with van der Waals surface area (Å²) >= 11 is 6.87. The van der Waals surface area contributed by atoms with Gasteiger partial charge in [0.2, 0.25) is 0 Å². The first kappa shape index (κ1) is 12.5. The van der Waals surface area contributed by atoms with Crippen LogP contribution in [0.25, 0.3) is 0 Å². The number of halogens is 2.